The second-order valence-electron chi connectivity index (χ2n) is 6.68. The molecule has 6 nitrogen and oxygen atoms in total. The molecule has 2 N–H and O–H groups in total. The summed E-state index contributed by atoms with van der Waals surface area (Å²) in [5, 5.41) is 2.78. The molecule has 2 rings (SSSR count). The van der Waals surface area contributed by atoms with Crippen molar-refractivity contribution >= 4 is 21.8 Å². The van der Waals surface area contributed by atoms with Gasteiger partial charge in [0.25, 0.3) is 10.2 Å². The number of hydrogen-bond acceptors (Lipinski definition) is 3. The summed E-state index contributed by atoms with van der Waals surface area (Å²) in [7, 11) is -1.87. The van der Waals surface area contributed by atoms with E-state index in [2.05, 4.69) is 10.0 Å². The van der Waals surface area contributed by atoms with E-state index in [0.717, 1.165) is 31.2 Å². The highest BCUT2D eigenvalue weighted by Crippen LogP contribution is 2.24. The van der Waals surface area contributed by atoms with E-state index in [1.54, 1.807) is 26.1 Å². The van der Waals surface area contributed by atoms with Crippen LogP contribution in [0.2, 0.25) is 0 Å². The topological polar surface area (TPSA) is 78.5 Å². The van der Waals surface area contributed by atoms with E-state index in [0.29, 0.717) is 12.1 Å². The fourth-order valence-electron chi connectivity index (χ4n) is 3.12. The molecule has 0 spiro atoms. The molecule has 1 fully saturated rings. The molecule has 1 amide bonds. The Morgan fingerprint density at radius 2 is 1.80 bits per heavy atom. The Bertz CT molecular complexity index is 667. The molecule has 0 unspecified atom stereocenters. The molecular weight excluding hydrogens is 338 g/mol. The highest BCUT2D eigenvalue weighted by Gasteiger charge is 2.28. The number of hydrogen-bond donors (Lipinski definition) is 2. The van der Waals surface area contributed by atoms with Gasteiger partial charge in [-0.3, -0.25) is 4.79 Å². The predicted octanol–water partition coefficient (Wildman–Crippen LogP) is 3.20. The molecular formula is C18H29N3O3S. The van der Waals surface area contributed by atoms with Crippen LogP contribution in [-0.2, 0) is 15.0 Å². The SMILES string of the molecule is CCC(=O)Nc1ccc([C@@H](C)NS(=O)(=O)N(C)C2CCCCC2)cc1. The lowest BCUT2D eigenvalue weighted by Crippen LogP contribution is -2.45. The molecule has 0 saturated heterocycles. The molecule has 7 heteroatoms. The maximum atomic E-state index is 12.6. The van der Waals surface area contributed by atoms with Crippen molar-refractivity contribution in [2.75, 3.05) is 12.4 Å². The van der Waals surface area contributed by atoms with Gasteiger partial charge in [0.15, 0.2) is 0 Å². The molecule has 1 atom stereocenters. The number of amides is 1. The molecule has 0 aromatic heterocycles. The van der Waals surface area contributed by atoms with Crippen molar-refractivity contribution in [2.24, 2.45) is 0 Å². The van der Waals surface area contributed by atoms with Gasteiger partial charge in [0.2, 0.25) is 5.91 Å². The zero-order valence-corrected chi connectivity index (χ0v) is 16.1. The van der Waals surface area contributed by atoms with Crippen molar-refractivity contribution in [3.8, 4) is 0 Å². The quantitative estimate of drug-likeness (QED) is 0.777. The Kier molecular flexibility index (Phi) is 6.98. The standard InChI is InChI=1S/C18H29N3O3S/c1-4-18(22)19-16-12-10-15(11-13-16)14(2)20-25(23,24)21(3)17-8-6-5-7-9-17/h10-14,17,20H,4-9H2,1-3H3,(H,19,22)/t14-/m1/s1. The summed E-state index contributed by atoms with van der Waals surface area (Å²) in [6.45, 7) is 3.62. The Labute approximate surface area is 151 Å². The number of nitrogens with one attached hydrogen (secondary N) is 2. The maximum Gasteiger partial charge on any atom is 0.279 e. The van der Waals surface area contributed by atoms with Crippen LogP contribution in [0.5, 0.6) is 0 Å². The number of nitrogens with zero attached hydrogens (tertiary/aromatic N) is 1. The monoisotopic (exact) mass is 367 g/mol. The van der Waals surface area contributed by atoms with Crippen LogP contribution in [0, 0.1) is 0 Å². The molecule has 25 heavy (non-hydrogen) atoms. The Morgan fingerprint density at radius 1 is 1.20 bits per heavy atom. The lowest BCUT2D eigenvalue weighted by Gasteiger charge is -2.31. The molecule has 1 aliphatic carbocycles. The molecule has 0 aliphatic heterocycles. The second-order valence-corrected chi connectivity index (χ2v) is 8.44. The van der Waals surface area contributed by atoms with Gasteiger partial charge in [-0.1, -0.05) is 38.3 Å². The third-order valence-corrected chi connectivity index (χ3v) is 6.52. The highest BCUT2D eigenvalue weighted by molar-refractivity contribution is 7.87. The molecule has 0 radical (unpaired) electrons. The van der Waals surface area contributed by atoms with Crippen LogP contribution in [0.3, 0.4) is 0 Å². The van der Waals surface area contributed by atoms with E-state index in [1.165, 1.54) is 10.7 Å². The van der Waals surface area contributed by atoms with Gasteiger partial charge in [-0.2, -0.15) is 17.4 Å². The zero-order valence-electron chi connectivity index (χ0n) is 15.3. The van der Waals surface area contributed by atoms with Gasteiger partial charge in [-0.05, 0) is 37.5 Å². The van der Waals surface area contributed by atoms with Crippen molar-refractivity contribution in [1.29, 1.82) is 0 Å². The average Bonchev–Trinajstić information content (AvgIpc) is 2.61. The summed E-state index contributed by atoms with van der Waals surface area (Å²) in [6, 6.07) is 6.99. The fourth-order valence-corrected chi connectivity index (χ4v) is 4.47. The van der Waals surface area contributed by atoms with Crippen molar-refractivity contribution in [3.05, 3.63) is 29.8 Å². The first-order valence-corrected chi connectivity index (χ1v) is 10.4. The van der Waals surface area contributed by atoms with Gasteiger partial charge in [0, 0.05) is 31.2 Å². The second kappa shape index (κ2) is 8.78. The normalized spacial score (nSPS) is 17.4. The first-order valence-electron chi connectivity index (χ1n) is 8.98. The summed E-state index contributed by atoms with van der Waals surface area (Å²) in [5.41, 5.74) is 1.57. The maximum absolute atomic E-state index is 12.6. The van der Waals surface area contributed by atoms with E-state index in [4.69, 9.17) is 0 Å². The van der Waals surface area contributed by atoms with Gasteiger partial charge >= 0.3 is 0 Å². The summed E-state index contributed by atoms with van der Waals surface area (Å²) >= 11 is 0. The lowest BCUT2D eigenvalue weighted by molar-refractivity contribution is -0.115. The summed E-state index contributed by atoms with van der Waals surface area (Å²) in [5.74, 6) is -0.0457. The minimum atomic E-state index is -3.53. The molecule has 1 saturated carbocycles. The number of carbonyl (C=O) groups excluding carboxylic acids is 1. The molecule has 140 valence electrons. The minimum Gasteiger partial charge on any atom is -0.326 e. The molecule has 1 aliphatic rings. The molecule has 0 bridgehead atoms. The van der Waals surface area contributed by atoms with E-state index in [-0.39, 0.29) is 18.0 Å². The van der Waals surface area contributed by atoms with Gasteiger partial charge in [0.05, 0.1) is 0 Å². The van der Waals surface area contributed by atoms with Gasteiger partial charge in [-0.25, -0.2) is 0 Å². The minimum absolute atomic E-state index is 0.0457. The van der Waals surface area contributed by atoms with Crippen LogP contribution in [0.4, 0.5) is 5.69 Å². The van der Waals surface area contributed by atoms with Crippen molar-refractivity contribution in [1.82, 2.24) is 9.03 Å². The van der Waals surface area contributed by atoms with Crippen molar-refractivity contribution in [2.45, 2.75) is 64.5 Å². The summed E-state index contributed by atoms with van der Waals surface area (Å²) < 4.78 is 29.5. The van der Waals surface area contributed by atoms with E-state index in [1.807, 2.05) is 19.1 Å². The van der Waals surface area contributed by atoms with Gasteiger partial charge in [0.1, 0.15) is 0 Å². The largest absolute Gasteiger partial charge is 0.326 e. The van der Waals surface area contributed by atoms with Crippen LogP contribution >= 0.6 is 0 Å². The van der Waals surface area contributed by atoms with Crippen LogP contribution < -0.4 is 10.0 Å². The molecule has 1 aromatic carbocycles. The Balaban J connectivity index is 1.99. The summed E-state index contributed by atoms with van der Waals surface area (Å²) in [4.78, 5) is 11.4. The van der Waals surface area contributed by atoms with Crippen molar-refractivity contribution < 1.29 is 13.2 Å². The lowest BCUT2D eigenvalue weighted by atomic mass is 9.96. The van der Waals surface area contributed by atoms with Crippen LogP contribution in [0.25, 0.3) is 0 Å². The highest BCUT2D eigenvalue weighted by atomic mass is 32.2. The smallest absolute Gasteiger partial charge is 0.279 e. The third-order valence-electron chi connectivity index (χ3n) is 4.81. The Hall–Kier alpha value is -1.44. The van der Waals surface area contributed by atoms with E-state index >= 15 is 0 Å². The van der Waals surface area contributed by atoms with Crippen LogP contribution in [0.15, 0.2) is 24.3 Å². The van der Waals surface area contributed by atoms with Gasteiger partial charge < -0.3 is 5.32 Å². The first kappa shape index (κ1) is 19.9. The predicted molar refractivity (Wildman–Crippen MR) is 100 cm³/mol. The van der Waals surface area contributed by atoms with Gasteiger partial charge in [-0.15, -0.1) is 0 Å². The number of benzene rings is 1. The number of rotatable bonds is 7. The molecule has 1 aromatic rings. The third kappa shape index (κ3) is 5.52. The number of anilines is 1. The zero-order chi connectivity index (χ0) is 18.4. The average molecular weight is 368 g/mol. The van der Waals surface area contributed by atoms with E-state index < -0.39 is 10.2 Å². The number of carbonyl (C=O) groups is 1. The Morgan fingerprint density at radius 3 is 2.36 bits per heavy atom. The van der Waals surface area contributed by atoms with Crippen LogP contribution in [0.1, 0.15) is 64.0 Å². The van der Waals surface area contributed by atoms with Crippen molar-refractivity contribution in [3.63, 3.8) is 0 Å². The fraction of sp³-hybridized carbons (Fsp3) is 0.611. The van der Waals surface area contributed by atoms with E-state index in [9.17, 15) is 13.2 Å². The summed E-state index contributed by atoms with van der Waals surface area (Å²) in [6.07, 6.45) is 5.64. The first-order chi connectivity index (χ1) is 11.8. The molecule has 0 heterocycles. The van der Waals surface area contributed by atoms with Crippen LogP contribution in [-0.4, -0.2) is 31.7 Å².